The quantitative estimate of drug-likeness (QED) is 0.804. The molecular formula is C15H13N3. The van der Waals surface area contributed by atoms with E-state index in [1.165, 1.54) is 0 Å². The van der Waals surface area contributed by atoms with Crippen molar-refractivity contribution in [1.29, 1.82) is 5.26 Å². The molecule has 18 heavy (non-hydrogen) atoms. The first-order chi connectivity index (χ1) is 8.73. The fourth-order valence-corrected chi connectivity index (χ4v) is 2.05. The second-order valence-electron chi connectivity index (χ2n) is 4.78. The lowest BCUT2D eigenvalue weighted by Gasteiger charge is -2.08. The molecule has 0 atom stereocenters. The highest BCUT2D eigenvalue weighted by atomic mass is 14.9. The van der Waals surface area contributed by atoms with Gasteiger partial charge in [0.25, 0.3) is 0 Å². The molecule has 3 nitrogen and oxygen atoms in total. The third kappa shape index (κ3) is 1.76. The summed E-state index contributed by atoms with van der Waals surface area (Å²) in [4.78, 5) is 9.01. The number of nitriles is 1. The van der Waals surface area contributed by atoms with Crippen LogP contribution in [0.2, 0.25) is 0 Å². The van der Waals surface area contributed by atoms with Crippen molar-refractivity contribution in [2.24, 2.45) is 0 Å². The van der Waals surface area contributed by atoms with Crippen LogP contribution in [0.5, 0.6) is 0 Å². The zero-order valence-electron chi connectivity index (χ0n) is 10.2. The van der Waals surface area contributed by atoms with E-state index < -0.39 is 5.41 Å². The molecule has 0 saturated heterocycles. The minimum Gasteiger partial charge on any atom is -0.236 e. The van der Waals surface area contributed by atoms with Crippen LogP contribution in [-0.4, -0.2) is 9.97 Å². The molecule has 0 bridgehead atoms. The molecule has 0 unspecified atom stereocenters. The van der Waals surface area contributed by atoms with Crippen molar-refractivity contribution in [2.45, 2.75) is 25.2 Å². The molecule has 1 heterocycles. The molecule has 0 N–H and O–H groups in total. The van der Waals surface area contributed by atoms with Crippen molar-refractivity contribution in [2.75, 3.05) is 0 Å². The number of benzene rings is 1. The number of rotatable bonds is 2. The van der Waals surface area contributed by atoms with E-state index in [1.807, 2.05) is 43.3 Å². The Labute approximate surface area is 106 Å². The molecule has 1 aliphatic rings. The van der Waals surface area contributed by atoms with Crippen LogP contribution in [0.3, 0.4) is 0 Å². The first kappa shape index (κ1) is 10.9. The van der Waals surface area contributed by atoms with Crippen LogP contribution >= 0.6 is 0 Å². The Morgan fingerprint density at radius 1 is 1.17 bits per heavy atom. The Morgan fingerprint density at radius 3 is 2.50 bits per heavy atom. The Kier molecular flexibility index (Phi) is 2.38. The van der Waals surface area contributed by atoms with Gasteiger partial charge in [-0.15, -0.1) is 0 Å². The summed E-state index contributed by atoms with van der Waals surface area (Å²) in [5.74, 6) is 0.684. The molecule has 2 aromatic rings. The van der Waals surface area contributed by atoms with E-state index in [1.54, 1.807) is 0 Å². The van der Waals surface area contributed by atoms with Gasteiger partial charge in [-0.25, -0.2) is 9.97 Å². The first-order valence-corrected chi connectivity index (χ1v) is 6.06. The van der Waals surface area contributed by atoms with Gasteiger partial charge in [0.05, 0.1) is 11.8 Å². The van der Waals surface area contributed by atoms with Gasteiger partial charge in [-0.05, 0) is 25.8 Å². The van der Waals surface area contributed by atoms with Gasteiger partial charge in [0.2, 0.25) is 0 Å². The molecule has 1 aliphatic carbocycles. The summed E-state index contributed by atoms with van der Waals surface area (Å²) in [6, 6.07) is 14.3. The molecule has 1 aromatic heterocycles. The second kappa shape index (κ2) is 3.92. The molecule has 1 fully saturated rings. The minimum atomic E-state index is -0.421. The van der Waals surface area contributed by atoms with Crippen molar-refractivity contribution in [1.82, 2.24) is 9.97 Å². The van der Waals surface area contributed by atoms with Crippen molar-refractivity contribution in [3.8, 4) is 17.3 Å². The zero-order valence-corrected chi connectivity index (χ0v) is 10.2. The zero-order chi connectivity index (χ0) is 12.6. The maximum Gasteiger partial charge on any atom is 0.149 e. The number of hydrogen-bond donors (Lipinski definition) is 0. The molecule has 1 saturated carbocycles. The fraction of sp³-hybridized carbons (Fsp3) is 0.267. The smallest absolute Gasteiger partial charge is 0.149 e. The largest absolute Gasteiger partial charge is 0.236 e. The lowest BCUT2D eigenvalue weighted by molar-refractivity contribution is 0.789. The number of hydrogen-bond acceptors (Lipinski definition) is 3. The van der Waals surface area contributed by atoms with Crippen LogP contribution in [0.1, 0.15) is 24.4 Å². The first-order valence-electron chi connectivity index (χ1n) is 6.06. The Hall–Kier alpha value is -2.21. The third-order valence-corrected chi connectivity index (χ3v) is 3.32. The van der Waals surface area contributed by atoms with E-state index in [-0.39, 0.29) is 0 Å². The summed E-state index contributed by atoms with van der Waals surface area (Å²) >= 11 is 0. The van der Waals surface area contributed by atoms with Gasteiger partial charge in [0, 0.05) is 11.3 Å². The summed E-state index contributed by atoms with van der Waals surface area (Å²) in [5, 5.41) is 9.23. The van der Waals surface area contributed by atoms with E-state index in [0.717, 1.165) is 29.8 Å². The van der Waals surface area contributed by atoms with Crippen molar-refractivity contribution in [3.05, 3.63) is 47.9 Å². The average molecular weight is 235 g/mol. The third-order valence-electron chi connectivity index (χ3n) is 3.32. The van der Waals surface area contributed by atoms with E-state index in [2.05, 4.69) is 16.0 Å². The number of nitrogens with zero attached hydrogens (tertiary/aromatic N) is 3. The highest BCUT2D eigenvalue weighted by molar-refractivity contribution is 5.59. The summed E-state index contributed by atoms with van der Waals surface area (Å²) in [6.45, 7) is 1.95. The van der Waals surface area contributed by atoms with Crippen molar-refractivity contribution >= 4 is 0 Å². The van der Waals surface area contributed by atoms with Crippen LogP contribution < -0.4 is 0 Å². The van der Waals surface area contributed by atoms with Gasteiger partial charge in [-0.3, -0.25) is 0 Å². The highest BCUT2D eigenvalue weighted by Gasteiger charge is 2.48. The van der Waals surface area contributed by atoms with Crippen LogP contribution in [0.15, 0.2) is 36.4 Å². The van der Waals surface area contributed by atoms with Crippen LogP contribution in [0.25, 0.3) is 11.3 Å². The van der Waals surface area contributed by atoms with Crippen LogP contribution in [0, 0.1) is 18.3 Å². The maximum atomic E-state index is 9.23. The van der Waals surface area contributed by atoms with Gasteiger partial charge in [-0.1, -0.05) is 30.3 Å². The summed E-state index contributed by atoms with van der Waals surface area (Å²) in [6.07, 6.45) is 1.75. The van der Waals surface area contributed by atoms with Gasteiger partial charge in [0.15, 0.2) is 0 Å². The number of aryl methyl sites for hydroxylation is 1. The predicted molar refractivity (Wildman–Crippen MR) is 68.7 cm³/mol. The fourth-order valence-electron chi connectivity index (χ4n) is 2.05. The van der Waals surface area contributed by atoms with Gasteiger partial charge in [-0.2, -0.15) is 5.26 Å². The molecule has 0 aliphatic heterocycles. The van der Waals surface area contributed by atoms with Crippen LogP contribution in [-0.2, 0) is 5.41 Å². The lowest BCUT2D eigenvalue weighted by Crippen LogP contribution is -2.10. The van der Waals surface area contributed by atoms with Crippen LogP contribution in [0.4, 0.5) is 0 Å². The maximum absolute atomic E-state index is 9.23. The van der Waals surface area contributed by atoms with E-state index in [0.29, 0.717) is 5.82 Å². The number of aromatic nitrogens is 2. The second-order valence-corrected chi connectivity index (χ2v) is 4.78. The Balaban J connectivity index is 2.11. The molecule has 1 aromatic carbocycles. The lowest BCUT2D eigenvalue weighted by atomic mass is 10.1. The molecular weight excluding hydrogens is 222 g/mol. The monoisotopic (exact) mass is 235 g/mol. The molecule has 0 spiro atoms. The van der Waals surface area contributed by atoms with E-state index >= 15 is 0 Å². The highest BCUT2D eigenvalue weighted by Crippen LogP contribution is 2.46. The molecule has 3 heteroatoms. The van der Waals surface area contributed by atoms with E-state index in [9.17, 15) is 5.26 Å². The van der Waals surface area contributed by atoms with E-state index in [4.69, 9.17) is 0 Å². The Bertz CT molecular complexity index is 622. The van der Waals surface area contributed by atoms with Crippen molar-refractivity contribution in [3.63, 3.8) is 0 Å². The van der Waals surface area contributed by atoms with Gasteiger partial charge in [0.1, 0.15) is 11.2 Å². The molecule has 0 amide bonds. The summed E-state index contributed by atoms with van der Waals surface area (Å²) in [5.41, 5.74) is 2.47. The van der Waals surface area contributed by atoms with Gasteiger partial charge >= 0.3 is 0 Å². The van der Waals surface area contributed by atoms with Crippen molar-refractivity contribution < 1.29 is 0 Å². The molecule has 3 rings (SSSR count). The summed E-state index contributed by atoms with van der Waals surface area (Å²) < 4.78 is 0. The normalized spacial score (nSPS) is 16.0. The van der Waals surface area contributed by atoms with Gasteiger partial charge < -0.3 is 0 Å². The SMILES string of the molecule is Cc1cc(-c2ccccc2)nc(C2(C#N)CC2)n1. The molecule has 88 valence electrons. The average Bonchev–Trinajstić information content (AvgIpc) is 3.20. The Morgan fingerprint density at radius 2 is 1.89 bits per heavy atom. The predicted octanol–water partition coefficient (Wildman–Crippen LogP) is 3.01. The minimum absolute atomic E-state index is 0.421. The standard InChI is InChI=1S/C15H13N3/c1-11-9-13(12-5-3-2-4-6-12)18-14(17-11)15(10-16)7-8-15/h2-6,9H,7-8H2,1H3. The molecule has 0 radical (unpaired) electrons. The summed E-state index contributed by atoms with van der Waals surface area (Å²) in [7, 11) is 0. The topological polar surface area (TPSA) is 49.6 Å².